The fourth-order valence-corrected chi connectivity index (χ4v) is 8.01. The van der Waals surface area contributed by atoms with Crippen molar-refractivity contribution in [3.05, 3.63) is 23.8 Å². The Bertz CT molecular complexity index is 949. The van der Waals surface area contributed by atoms with E-state index in [4.69, 9.17) is 4.74 Å². The van der Waals surface area contributed by atoms with Gasteiger partial charge in [-0.15, -0.1) is 12.6 Å². The molecule has 0 spiro atoms. The van der Waals surface area contributed by atoms with Crippen LogP contribution in [0.15, 0.2) is 23.8 Å². The predicted molar refractivity (Wildman–Crippen MR) is 116 cm³/mol. The summed E-state index contributed by atoms with van der Waals surface area (Å²) < 4.78 is 38.3. The molecule has 9 atom stereocenters. The second-order valence-electron chi connectivity index (χ2n) is 10.4. The monoisotopic (exact) mass is 468 g/mol. The van der Waals surface area contributed by atoms with E-state index >= 15 is 8.78 Å². The number of hydrogen-bond donors (Lipinski definition) is 2. The Kier molecular flexibility index (Phi) is 5.33. The number of aliphatic hydroxyl groups is 1. The Balaban J connectivity index is 1.87. The molecule has 3 saturated carbocycles. The van der Waals surface area contributed by atoms with Crippen LogP contribution in [0.3, 0.4) is 0 Å². The van der Waals surface area contributed by atoms with Gasteiger partial charge in [-0.05, 0) is 49.8 Å². The average molecular weight is 469 g/mol. The summed E-state index contributed by atoms with van der Waals surface area (Å²) >= 11 is 4.09. The van der Waals surface area contributed by atoms with E-state index in [0.717, 1.165) is 6.08 Å². The number of ether oxygens (including phenoxy) is 1. The minimum atomic E-state index is -2.24. The summed E-state index contributed by atoms with van der Waals surface area (Å²) in [6, 6.07) is 0. The number of halogens is 2. The molecule has 176 valence electrons. The molecule has 0 saturated heterocycles. The first-order valence-electron chi connectivity index (χ1n) is 11.2. The van der Waals surface area contributed by atoms with Gasteiger partial charge in [0.2, 0.25) is 5.12 Å². The van der Waals surface area contributed by atoms with Gasteiger partial charge < -0.3 is 9.84 Å². The van der Waals surface area contributed by atoms with E-state index < -0.39 is 69.0 Å². The Hall–Kier alpha value is -1.54. The second kappa shape index (κ2) is 7.23. The molecule has 4 rings (SSSR count). The molecule has 4 aliphatic rings. The summed E-state index contributed by atoms with van der Waals surface area (Å²) in [5.74, 6) is -2.94. The first-order chi connectivity index (χ1) is 14.8. The molecule has 0 aromatic rings. The standard InChI is InChI=1S/C24H30F2O5S/c1-5-19(29)31-24(20(30)32)12(2)8-14-15-10-17(25)16-9-13(27)6-7-21(16,3)23(15,26)18(28)11-22(14,24)4/h6-7,9,12,14-15,17-18,28H,5,8,10-11H2,1-4H3,(H,30,32)/t12-,14+,15?,17+,18+,21?,22+,23+,24+/m1/s1. The second-order valence-corrected chi connectivity index (χ2v) is 10.8. The van der Waals surface area contributed by atoms with E-state index in [1.165, 1.54) is 19.1 Å². The summed E-state index contributed by atoms with van der Waals surface area (Å²) in [6.45, 7) is 6.62. The third kappa shape index (κ3) is 2.62. The van der Waals surface area contributed by atoms with Gasteiger partial charge in [-0.2, -0.15) is 0 Å². The summed E-state index contributed by atoms with van der Waals surface area (Å²) in [5.41, 5.74) is -6.46. The number of allylic oxidation sites excluding steroid dienone is 4. The summed E-state index contributed by atoms with van der Waals surface area (Å²) in [7, 11) is 0. The Labute approximate surface area is 192 Å². The smallest absolute Gasteiger partial charge is 0.306 e. The number of rotatable bonds is 3. The molecule has 2 unspecified atom stereocenters. The SMILES string of the molecule is CCC(=O)O[C@]1(C(=O)S)[C@H](C)C[C@H]2C3C[C@H](F)C4=CC(=O)C=CC4(C)[C@@]3(F)[C@@H](O)C[C@@]21C. The van der Waals surface area contributed by atoms with Gasteiger partial charge in [0.05, 0.1) is 6.10 Å². The van der Waals surface area contributed by atoms with Crippen molar-refractivity contribution in [1.29, 1.82) is 0 Å². The normalized spacial score (nSPS) is 49.6. The van der Waals surface area contributed by atoms with E-state index in [1.54, 1.807) is 20.8 Å². The molecule has 32 heavy (non-hydrogen) atoms. The fourth-order valence-electron chi connectivity index (χ4n) is 7.49. The maximum atomic E-state index is 17.1. The highest BCUT2D eigenvalue weighted by Crippen LogP contribution is 2.71. The lowest BCUT2D eigenvalue weighted by Crippen LogP contribution is -2.70. The van der Waals surface area contributed by atoms with E-state index in [-0.39, 0.29) is 24.8 Å². The van der Waals surface area contributed by atoms with E-state index in [1.807, 2.05) is 0 Å². The Morgan fingerprint density at radius 2 is 1.94 bits per heavy atom. The van der Waals surface area contributed by atoms with Gasteiger partial charge in [0.15, 0.2) is 17.1 Å². The molecule has 5 nitrogen and oxygen atoms in total. The molecule has 1 N–H and O–H groups in total. The van der Waals surface area contributed by atoms with Crippen molar-refractivity contribution in [1.82, 2.24) is 0 Å². The van der Waals surface area contributed by atoms with E-state index in [2.05, 4.69) is 12.6 Å². The third-order valence-electron chi connectivity index (χ3n) is 9.05. The van der Waals surface area contributed by atoms with Gasteiger partial charge in [0.1, 0.15) is 6.17 Å². The van der Waals surface area contributed by atoms with E-state index in [9.17, 15) is 19.5 Å². The number of esters is 1. The lowest BCUT2D eigenvalue weighted by atomic mass is 9.44. The molecule has 3 fully saturated rings. The van der Waals surface area contributed by atoms with Gasteiger partial charge in [-0.1, -0.05) is 26.8 Å². The highest BCUT2D eigenvalue weighted by atomic mass is 32.1. The summed E-state index contributed by atoms with van der Waals surface area (Å²) in [6.07, 6.45) is 0.619. The van der Waals surface area contributed by atoms with Gasteiger partial charge in [0.25, 0.3) is 0 Å². The van der Waals surface area contributed by atoms with Crippen LogP contribution in [0.25, 0.3) is 0 Å². The van der Waals surface area contributed by atoms with Crippen molar-refractivity contribution in [2.75, 3.05) is 0 Å². The predicted octanol–water partition coefficient (Wildman–Crippen LogP) is 3.70. The Morgan fingerprint density at radius 3 is 2.53 bits per heavy atom. The van der Waals surface area contributed by atoms with Crippen molar-refractivity contribution < 1.29 is 33.0 Å². The third-order valence-corrected chi connectivity index (χ3v) is 9.38. The molecule has 0 aromatic heterocycles. The molecule has 0 aromatic carbocycles. The Morgan fingerprint density at radius 1 is 1.28 bits per heavy atom. The maximum absolute atomic E-state index is 17.1. The quantitative estimate of drug-likeness (QED) is 0.488. The average Bonchev–Trinajstić information content (AvgIpc) is 2.93. The van der Waals surface area contributed by atoms with Crippen LogP contribution in [0, 0.1) is 28.6 Å². The van der Waals surface area contributed by atoms with Crippen LogP contribution >= 0.6 is 12.6 Å². The lowest BCUT2D eigenvalue weighted by molar-refractivity contribution is -0.228. The number of aliphatic hydroxyl groups excluding tert-OH is 1. The minimum Gasteiger partial charge on any atom is -0.449 e. The molecular weight excluding hydrogens is 438 g/mol. The van der Waals surface area contributed by atoms with Gasteiger partial charge in [0, 0.05) is 29.1 Å². The molecule has 0 amide bonds. The highest BCUT2D eigenvalue weighted by molar-refractivity contribution is 7.96. The summed E-state index contributed by atoms with van der Waals surface area (Å²) in [5, 5.41) is 10.7. The van der Waals surface area contributed by atoms with Crippen LogP contribution in [-0.2, 0) is 19.1 Å². The van der Waals surface area contributed by atoms with Gasteiger partial charge in [-0.25, -0.2) is 8.78 Å². The summed E-state index contributed by atoms with van der Waals surface area (Å²) in [4.78, 5) is 37.2. The number of ketones is 1. The highest BCUT2D eigenvalue weighted by Gasteiger charge is 2.77. The van der Waals surface area contributed by atoms with Gasteiger partial charge >= 0.3 is 5.97 Å². The molecule has 4 aliphatic carbocycles. The molecular formula is C24H30F2O5S. The van der Waals surface area contributed by atoms with E-state index in [0.29, 0.717) is 6.42 Å². The van der Waals surface area contributed by atoms with Gasteiger partial charge in [-0.3, -0.25) is 14.4 Å². The van der Waals surface area contributed by atoms with Crippen molar-refractivity contribution in [3.63, 3.8) is 0 Å². The zero-order valence-electron chi connectivity index (χ0n) is 18.7. The molecule has 0 bridgehead atoms. The molecule has 8 heteroatoms. The first-order valence-corrected chi connectivity index (χ1v) is 11.7. The number of fused-ring (bicyclic) bond motifs is 5. The van der Waals surface area contributed by atoms with Crippen LogP contribution in [-0.4, -0.2) is 45.5 Å². The number of thiol groups is 1. The largest absolute Gasteiger partial charge is 0.449 e. The maximum Gasteiger partial charge on any atom is 0.306 e. The molecule has 0 radical (unpaired) electrons. The molecule has 0 aliphatic heterocycles. The zero-order valence-corrected chi connectivity index (χ0v) is 19.6. The number of carbonyl (C=O) groups excluding carboxylic acids is 3. The zero-order chi connectivity index (χ0) is 23.9. The molecule has 0 heterocycles. The topological polar surface area (TPSA) is 80.7 Å². The lowest BCUT2D eigenvalue weighted by Gasteiger charge is -2.63. The minimum absolute atomic E-state index is 0.0476. The van der Waals surface area contributed by atoms with Crippen molar-refractivity contribution >= 4 is 29.5 Å². The van der Waals surface area contributed by atoms with Crippen LogP contribution in [0.5, 0.6) is 0 Å². The number of alkyl halides is 2. The van der Waals surface area contributed by atoms with Crippen molar-refractivity contribution in [2.24, 2.45) is 28.6 Å². The van der Waals surface area contributed by atoms with Crippen LogP contribution in [0.2, 0.25) is 0 Å². The van der Waals surface area contributed by atoms with Crippen LogP contribution in [0.1, 0.15) is 53.4 Å². The number of carbonyl (C=O) groups is 3. The number of hydrogen-bond acceptors (Lipinski definition) is 5. The first kappa shape index (κ1) is 23.6. The van der Waals surface area contributed by atoms with Crippen LogP contribution in [0.4, 0.5) is 8.78 Å². The fraction of sp³-hybridized carbons (Fsp3) is 0.708. The van der Waals surface area contributed by atoms with Crippen molar-refractivity contribution in [2.45, 2.75) is 76.9 Å². The van der Waals surface area contributed by atoms with Crippen LogP contribution < -0.4 is 0 Å². The van der Waals surface area contributed by atoms with Crippen molar-refractivity contribution in [3.8, 4) is 0 Å².